The van der Waals surface area contributed by atoms with Gasteiger partial charge in [-0.1, -0.05) is 0 Å². The van der Waals surface area contributed by atoms with Crippen molar-refractivity contribution < 1.29 is 14.0 Å². The van der Waals surface area contributed by atoms with Gasteiger partial charge in [0.05, 0.1) is 6.04 Å². The van der Waals surface area contributed by atoms with Crippen LogP contribution in [0.5, 0.6) is 0 Å². The zero-order valence-electron chi connectivity index (χ0n) is 10.2. The summed E-state index contributed by atoms with van der Waals surface area (Å²) in [7, 11) is 0. The summed E-state index contributed by atoms with van der Waals surface area (Å²) < 4.78 is 12.7. The highest BCUT2D eigenvalue weighted by Gasteiger charge is 2.18. The number of ketones is 1. The lowest BCUT2D eigenvalue weighted by Gasteiger charge is -2.12. The number of nitrogens with one attached hydrogen (secondary N) is 1. The molecule has 5 heteroatoms. The average Bonchev–Trinajstić information content (AvgIpc) is 2.92. The average molecular weight is 277 g/mol. The van der Waals surface area contributed by atoms with Gasteiger partial charge in [0.1, 0.15) is 5.82 Å². The summed E-state index contributed by atoms with van der Waals surface area (Å²) in [6.45, 7) is 1.63. The lowest BCUT2D eigenvalue weighted by atomic mass is 10.1. The molecule has 0 radical (unpaired) electrons. The van der Waals surface area contributed by atoms with E-state index in [-0.39, 0.29) is 5.78 Å². The van der Waals surface area contributed by atoms with E-state index in [0.29, 0.717) is 11.1 Å². The van der Waals surface area contributed by atoms with Gasteiger partial charge in [-0.25, -0.2) is 4.39 Å². The first-order chi connectivity index (χ1) is 9.08. The quantitative estimate of drug-likeness (QED) is 0.873. The minimum Gasteiger partial charge on any atom is -0.342 e. The lowest BCUT2D eigenvalue weighted by molar-refractivity contribution is 0.0866. The fourth-order valence-electron chi connectivity index (χ4n) is 1.60. The number of carbonyl (C=O) groups is 2. The summed E-state index contributed by atoms with van der Waals surface area (Å²) in [5.41, 5.74) is 0.906. The Bertz CT molecular complexity index is 578. The van der Waals surface area contributed by atoms with Crippen LogP contribution in [-0.2, 0) is 0 Å². The maximum absolute atomic E-state index is 12.7. The van der Waals surface area contributed by atoms with Gasteiger partial charge in [0.25, 0.3) is 5.91 Å². The molecule has 2 aromatic rings. The van der Waals surface area contributed by atoms with Crippen molar-refractivity contribution in [2.24, 2.45) is 0 Å². The lowest BCUT2D eigenvalue weighted by Crippen LogP contribution is -2.38. The number of rotatable bonds is 4. The van der Waals surface area contributed by atoms with Gasteiger partial charge in [0, 0.05) is 16.5 Å². The fourth-order valence-corrected chi connectivity index (χ4v) is 2.25. The van der Waals surface area contributed by atoms with Crippen molar-refractivity contribution in [2.45, 2.75) is 13.0 Å². The molecule has 19 heavy (non-hydrogen) atoms. The third-order valence-corrected chi connectivity index (χ3v) is 3.34. The van der Waals surface area contributed by atoms with Gasteiger partial charge in [0.2, 0.25) is 0 Å². The van der Waals surface area contributed by atoms with Gasteiger partial charge in [0.15, 0.2) is 5.78 Å². The molecule has 98 valence electrons. The second-order valence-corrected chi connectivity index (χ2v) is 4.86. The Morgan fingerprint density at radius 3 is 2.42 bits per heavy atom. The number of hydrogen-bond donors (Lipinski definition) is 1. The van der Waals surface area contributed by atoms with Gasteiger partial charge in [-0.15, -0.1) is 0 Å². The smallest absolute Gasteiger partial charge is 0.251 e. The third kappa shape index (κ3) is 3.26. The summed E-state index contributed by atoms with van der Waals surface area (Å²) in [5.74, 6) is -0.938. The maximum Gasteiger partial charge on any atom is 0.251 e. The summed E-state index contributed by atoms with van der Waals surface area (Å²) in [4.78, 5) is 23.8. The molecule has 0 aliphatic rings. The van der Waals surface area contributed by atoms with Crippen LogP contribution >= 0.6 is 11.3 Å². The molecule has 1 aromatic carbocycles. The summed E-state index contributed by atoms with van der Waals surface area (Å²) in [5, 5.41) is 6.14. The minimum absolute atomic E-state index is 0.142. The topological polar surface area (TPSA) is 46.2 Å². The highest BCUT2D eigenvalue weighted by Crippen LogP contribution is 2.09. The second kappa shape index (κ2) is 5.75. The number of halogens is 1. The molecular weight excluding hydrogens is 265 g/mol. The van der Waals surface area contributed by atoms with E-state index in [1.54, 1.807) is 18.4 Å². The minimum atomic E-state index is -0.618. The fraction of sp³-hybridized carbons (Fsp3) is 0.143. The molecule has 1 atom stereocenters. The van der Waals surface area contributed by atoms with Crippen molar-refractivity contribution in [3.8, 4) is 0 Å². The molecule has 0 spiro atoms. The van der Waals surface area contributed by atoms with Crippen molar-refractivity contribution >= 4 is 23.0 Å². The Kier molecular flexibility index (Phi) is 4.06. The zero-order valence-corrected chi connectivity index (χ0v) is 11.0. The van der Waals surface area contributed by atoms with Crippen LogP contribution in [0, 0.1) is 5.82 Å². The molecule has 1 aromatic heterocycles. The van der Waals surface area contributed by atoms with Crippen molar-refractivity contribution in [1.29, 1.82) is 0 Å². The van der Waals surface area contributed by atoms with Crippen LogP contribution in [0.25, 0.3) is 0 Å². The van der Waals surface area contributed by atoms with Gasteiger partial charge in [-0.3, -0.25) is 9.59 Å². The van der Waals surface area contributed by atoms with E-state index in [0.717, 1.165) is 0 Å². The molecular formula is C14H12FNO2S. The molecule has 3 nitrogen and oxygen atoms in total. The van der Waals surface area contributed by atoms with Crippen LogP contribution in [0.3, 0.4) is 0 Å². The number of hydrogen-bond acceptors (Lipinski definition) is 3. The van der Waals surface area contributed by atoms with Crippen LogP contribution in [0.2, 0.25) is 0 Å². The van der Waals surface area contributed by atoms with Crippen molar-refractivity contribution in [1.82, 2.24) is 5.32 Å². The summed E-state index contributed by atoms with van der Waals surface area (Å²) in [6.07, 6.45) is 0. The van der Waals surface area contributed by atoms with Crippen LogP contribution in [0.4, 0.5) is 4.39 Å². The molecule has 0 fully saturated rings. The molecule has 0 saturated carbocycles. The number of carbonyl (C=O) groups excluding carboxylic acids is 2. The largest absolute Gasteiger partial charge is 0.342 e. The van der Waals surface area contributed by atoms with Gasteiger partial charge in [-0.05, 0) is 42.6 Å². The summed E-state index contributed by atoms with van der Waals surface area (Å²) in [6, 6.07) is 6.28. The van der Waals surface area contributed by atoms with Crippen LogP contribution in [0.15, 0.2) is 41.1 Å². The van der Waals surface area contributed by atoms with Gasteiger partial charge in [-0.2, -0.15) is 11.3 Å². The van der Waals surface area contributed by atoms with E-state index in [1.807, 2.05) is 5.38 Å². The SMILES string of the molecule is CC(NC(=O)c1ccc(F)cc1)C(=O)c1ccsc1. The van der Waals surface area contributed by atoms with E-state index in [9.17, 15) is 14.0 Å². The Balaban J connectivity index is 2.02. The highest BCUT2D eigenvalue weighted by atomic mass is 32.1. The molecule has 1 N–H and O–H groups in total. The van der Waals surface area contributed by atoms with E-state index in [1.165, 1.54) is 35.6 Å². The Morgan fingerprint density at radius 2 is 1.84 bits per heavy atom. The predicted molar refractivity (Wildman–Crippen MR) is 72.0 cm³/mol. The zero-order chi connectivity index (χ0) is 13.8. The first-order valence-electron chi connectivity index (χ1n) is 5.71. The molecule has 0 aliphatic carbocycles. The molecule has 1 heterocycles. The maximum atomic E-state index is 12.7. The van der Waals surface area contributed by atoms with Gasteiger partial charge >= 0.3 is 0 Å². The van der Waals surface area contributed by atoms with Crippen molar-refractivity contribution in [3.05, 3.63) is 58.0 Å². The van der Waals surface area contributed by atoms with Crippen LogP contribution in [0.1, 0.15) is 27.6 Å². The monoisotopic (exact) mass is 277 g/mol. The number of amides is 1. The predicted octanol–water partition coefficient (Wildman–Crippen LogP) is 2.89. The van der Waals surface area contributed by atoms with E-state index < -0.39 is 17.8 Å². The molecule has 1 unspecified atom stereocenters. The van der Waals surface area contributed by atoms with Crippen molar-refractivity contribution in [2.75, 3.05) is 0 Å². The van der Waals surface area contributed by atoms with E-state index in [4.69, 9.17) is 0 Å². The Labute approximate surface area is 114 Å². The molecule has 0 saturated heterocycles. The van der Waals surface area contributed by atoms with Crippen LogP contribution < -0.4 is 5.32 Å². The Morgan fingerprint density at radius 1 is 1.16 bits per heavy atom. The first kappa shape index (κ1) is 13.4. The number of Topliss-reactive ketones (excluding diaryl/α,β-unsaturated/α-hetero) is 1. The standard InChI is InChI=1S/C14H12FNO2S/c1-9(13(17)11-6-7-19-8-11)16-14(18)10-2-4-12(15)5-3-10/h2-9H,1H3,(H,16,18). The highest BCUT2D eigenvalue weighted by molar-refractivity contribution is 7.08. The summed E-state index contributed by atoms with van der Waals surface area (Å²) >= 11 is 1.43. The van der Waals surface area contributed by atoms with Gasteiger partial charge < -0.3 is 5.32 Å². The molecule has 0 aliphatic heterocycles. The molecule has 0 bridgehead atoms. The number of benzene rings is 1. The van der Waals surface area contributed by atoms with Crippen LogP contribution in [-0.4, -0.2) is 17.7 Å². The third-order valence-electron chi connectivity index (χ3n) is 2.65. The van der Waals surface area contributed by atoms with E-state index >= 15 is 0 Å². The number of thiophene rings is 1. The first-order valence-corrected chi connectivity index (χ1v) is 6.65. The second-order valence-electron chi connectivity index (χ2n) is 4.08. The molecule has 2 rings (SSSR count). The van der Waals surface area contributed by atoms with Crippen molar-refractivity contribution in [3.63, 3.8) is 0 Å². The normalized spacial score (nSPS) is 11.9. The van der Waals surface area contributed by atoms with E-state index in [2.05, 4.69) is 5.32 Å². The molecule has 1 amide bonds. The Hall–Kier alpha value is -2.01.